The molecule has 4 nitrogen and oxygen atoms in total. The number of nitrogens with one attached hydrogen (secondary N) is 1. The average molecular weight is 227 g/mol. The first-order valence-corrected chi connectivity index (χ1v) is 5.59. The second-order valence-corrected chi connectivity index (χ2v) is 4.41. The molecular formula is C10H15ClN4. The van der Waals surface area contributed by atoms with Crippen molar-refractivity contribution in [3.8, 4) is 0 Å². The first-order valence-electron chi connectivity index (χ1n) is 5.21. The average Bonchev–Trinajstić information content (AvgIpc) is 2.18. The second-order valence-electron chi connectivity index (χ2n) is 4.03. The van der Waals surface area contributed by atoms with Crippen LogP contribution in [0.1, 0.15) is 32.6 Å². The third-order valence-corrected chi connectivity index (χ3v) is 3.56. The van der Waals surface area contributed by atoms with Gasteiger partial charge in [0, 0.05) is 5.54 Å². The van der Waals surface area contributed by atoms with Crippen LogP contribution in [0, 0.1) is 0 Å². The van der Waals surface area contributed by atoms with Crippen molar-refractivity contribution in [2.24, 2.45) is 0 Å². The fourth-order valence-corrected chi connectivity index (χ4v) is 2.04. The second kappa shape index (κ2) is 3.85. The van der Waals surface area contributed by atoms with Crippen molar-refractivity contribution in [2.45, 2.75) is 38.1 Å². The van der Waals surface area contributed by atoms with E-state index < -0.39 is 0 Å². The summed E-state index contributed by atoms with van der Waals surface area (Å²) in [4.78, 5) is 7.95. The highest BCUT2D eigenvalue weighted by atomic mass is 35.5. The van der Waals surface area contributed by atoms with Crippen LogP contribution < -0.4 is 11.1 Å². The van der Waals surface area contributed by atoms with Gasteiger partial charge in [0.2, 0.25) is 0 Å². The van der Waals surface area contributed by atoms with E-state index in [4.69, 9.17) is 17.3 Å². The van der Waals surface area contributed by atoms with Crippen molar-refractivity contribution >= 4 is 23.2 Å². The number of hydrogen-bond acceptors (Lipinski definition) is 4. The lowest BCUT2D eigenvalue weighted by atomic mass is 9.75. The SMILES string of the molecule is CCC1(Nc2ncnc(N)c2Cl)CCC1. The molecule has 5 heteroatoms. The van der Waals surface area contributed by atoms with E-state index in [1.807, 2.05) is 0 Å². The van der Waals surface area contributed by atoms with E-state index in [0.717, 1.165) is 6.42 Å². The maximum absolute atomic E-state index is 6.02. The predicted molar refractivity (Wildman–Crippen MR) is 62.0 cm³/mol. The number of hydrogen-bond donors (Lipinski definition) is 2. The maximum Gasteiger partial charge on any atom is 0.150 e. The summed E-state index contributed by atoms with van der Waals surface area (Å²) < 4.78 is 0. The molecule has 1 aromatic rings. The molecule has 1 aliphatic carbocycles. The van der Waals surface area contributed by atoms with Crippen molar-refractivity contribution < 1.29 is 0 Å². The maximum atomic E-state index is 6.02. The largest absolute Gasteiger partial charge is 0.382 e. The molecule has 82 valence electrons. The minimum atomic E-state index is 0.171. The number of aromatic nitrogens is 2. The Morgan fingerprint density at radius 3 is 2.80 bits per heavy atom. The van der Waals surface area contributed by atoms with E-state index in [-0.39, 0.29) is 5.54 Å². The fourth-order valence-electron chi connectivity index (χ4n) is 1.89. The monoisotopic (exact) mass is 226 g/mol. The van der Waals surface area contributed by atoms with Crippen molar-refractivity contribution in [1.29, 1.82) is 0 Å². The zero-order valence-corrected chi connectivity index (χ0v) is 9.51. The molecule has 1 aliphatic rings. The number of halogens is 1. The first-order chi connectivity index (χ1) is 7.17. The molecule has 1 fully saturated rings. The van der Waals surface area contributed by atoms with Gasteiger partial charge in [-0.1, -0.05) is 18.5 Å². The van der Waals surface area contributed by atoms with Crippen molar-refractivity contribution in [2.75, 3.05) is 11.1 Å². The molecule has 0 aromatic carbocycles. The number of anilines is 2. The van der Waals surface area contributed by atoms with E-state index >= 15 is 0 Å². The number of rotatable bonds is 3. The van der Waals surface area contributed by atoms with Crippen LogP contribution in [0.25, 0.3) is 0 Å². The van der Waals surface area contributed by atoms with Gasteiger partial charge >= 0.3 is 0 Å². The molecule has 3 N–H and O–H groups in total. The van der Waals surface area contributed by atoms with Gasteiger partial charge in [0.1, 0.15) is 17.2 Å². The molecule has 15 heavy (non-hydrogen) atoms. The Balaban J connectivity index is 2.20. The Morgan fingerprint density at radius 1 is 1.53 bits per heavy atom. The summed E-state index contributed by atoms with van der Waals surface area (Å²) in [5.74, 6) is 0.991. The molecule has 0 bridgehead atoms. The van der Waals surface area contributed by atoms with E-state index in [2.05, 4.69) is 22.2 Å². The van der Waals surface area contributed by atoms with Gasteiger partial charge in [-0.05, 0) is 25.7 Å². The third-order valence-electron chi connectivity index (χ3n) is 3.19. The lowest BCUT2D eigenvalue weighted by Crippen LogP contribution is -2.44. The summed E-state index contributed by atoms with van der Waals surface area (Å²) >= 11 is 6.02. The van der Waals surface area contributed by atoms with Crippen LogP contribution in [-0.4, -0.2) is 15.5 Å². The van der Waals surface area contributed by atoms with Crippen LogP contribution in [0.5, 0.6) is 0 Å². The lowest BCUT2D eigenvalue weighted by Gasteiger charge is -2.42. The van der Waals surface area contributed by atoms with E-state index in [1.54, 1.807) is 0 Å². The van der Waals surface area contributed by atoms with Crippen LogP contribution in [-0.2, 0) is 0 Å². The van der Waals surface area contributed by atoms with E-state index in [0.29, 0.717) is 16.7 Å². The fraction of sp³-hybridized carbons (Fsp3) is 0.600. The molecule has 1 heterocycles. The Morgan fingerprint density at radius 2 is 2.27 bits per heavy atom. The Hall–Kier alpha value is -1.03. The molecule has 0 saturated heterocycles. The van der Waals surface area contributed by atoms with Gasteiger partial charge in [-0.15, -0.1) is 0 Å². The van der Waals surface area contributed by atoms with Gasteiger partial charge in [-0.2, -0.15) is 0 Å². The van der Waals surface area contributed by atoms with Gasteiger partial charge in [0.15, 0.2) is 5.82 Å². The smallest absolute Gasteiger partial charge is 0.150 e. The summed E-state index contributed by atoms with van der Waals surface area (Å²) in [5.41, 5.74) is 5.79. The Labute approximate surface area is 94.2 Å². The minimum Gasteiger partial charge on any atom is -0.382 e. The quantitative estimate of drug-likeness (QED) is 0.831. The molecule has 0 radical (unpaired) electrons. The van der Waals surface area contributed by atoms with E-state index in [1.165, 1.54) is 25.6 Å². The van der Waals surface area contributed by atoms with Crippen LogP contribution >= 0.6 is 11.6 Å². The summed E-state index contributed by atoms with van der Waals surface area (Å²) in [5, 5.41) is 3.82. The van der Waals surface area contributed by atoms with Gasteiger partial charge < -0.3 is 11.1 Å². The van der Waals surface area contributed by atoms with Gasteiger partial charge in [0.05, 0.1) is 0 Å². The molecular weight excluding hydrogens is 212 g/mol. The predicted octanol–water partition coefficient (Wildman–Crippen LogP) is 2.46. The standard InChI is InChI=1S/C10H15ClN4/c1-2-10(4-3-5-10)15-9-7(11)8(12)13-6-14-9/h6H,2-5H2,1H3,(H3,12,13,14,15). The van der Waals surface area contributed by atoms with Crippen LogP contribution in [0.2, 0.25) is 5.02 Å². The molecule has 1 saturated carbocycles. The van der Waals surface area contributed by atoms with Crippen molar-refractivity contribution in [1.82, 2.24) is 9.97 Å². The van der Waals surface area contributed by atoms with Gasteiger partial charge in [0.25, 0.3) is 0 Å². The number of nitrogens with two attached hydrogens (primary N) is 1. The highest BCUT2D eigenvalue weighted by Crippen LogP contribution is 2.39. The molecule has 0 atom stereocenters. The van der Waals surface area contributed by atoms with Crippen molar-refractivity contribution in [3.05, 3.63) is 11.3 Å². The normalized spacial score (nSPS) is 18.3. The summed E-state index contributed by atoms with van der Waals surface area (Å²) in [6.45, 7) is 2.17. The highest BCUT2D eigenvalue weighted by Gasteiger charge is 2.35. The summed E-state index contributed by atoms with van der Waals surface area (Å²) in [7, 11) is 0. The topological polar surface area (TPSA) is 63.8 Å². The Kier molecular flexibility index (Phi) is 2.69. The molecule has 0 unspecified atom stereocenters. The minimum absolute atomic E-state index is 0.171. The molecule has 0 aliphatic heterocycles. The third kappa shape index (κ3) is 1.86. The summed E-state index contributed by atoms with van der Waals surface area (Å²) in [6, 6.07) is 0. The van der Waals surface area contributed by atoms with Crippen molar-refractivity contribution in [3.63, 3.8) is 0 Å². The number of nitrogens with zero attached hydrogens (tertiary/aromatic N) is 2. The van der Waals surface area contributed by atoms with Gasteiger partial charge in [-0.3, -0.25) is 0 Å². The van der Waals surface area contributed by atoms with Crippen LogP contribution in [0.4, 0.5) is 11.6 Å². The van der Waals surface area contributed by atoms with Crippen LogP contribution in [0.3, 0.4) is 0 Å². The molecule has 2 rings (SSSR count). The first kappa shape index (κ1) is 10.5. The zero-order valence-electron chi connectivity index (χ0n) is 8.76. The van der Waals surface area contributed by atoms with Crippen LogP contribution in [0.15, 0.2) is 6.33 Å². The zero-order chi connectivity index (χ0) is 10.9. The lowest BCUT2D eigenvalue weighted by molar-refractivity contribution is 0.269. The highest BCUT2D eigenvalue weighted by molar-refractivity contribution is 6.35. The number of nitrogen functional groups attached to an aromatic ring is 1. The summed E-state index contributed by atoms with van der Waals surface area (Å²) in [6.07, 6.45) is 6.12. The van der Waals surface area contributed by atoms with Gasteiger partial charge in [-0.25, -0.2) is 9.97 Å². The molecule has 0 spiro atoms. The molecule has 0 amide bonds. The molecule has 1 aromatic heterocycles. The van der Waals surface area contributed by atoms with E-state index in [9.17, 15) is 0 Å². The Bertz CT molecular complexity index is 357.